The number of rotatable bonds is 3. The molecule has 0 aromatic carbocycles. The van der Waals surface area contributed by atoms with Crippen molar-refractivity contribution in [2.24, 2.45) is 0 Å². The standard InChI is InChI=1S/C13H24O2Si/c1-12(2,3)16(4,5)15-11-7-6-8-13(14)9-10-13/h14H,7,9-11H2,1-5H3. The minimum atomic E-state index is -1.62. The third-order valence-corrected chi connectivity index (χ3v) is 8.08. The van der Waals surface area contributed by atoms with Gasteiger partial charge in [-0.25, -0.2) is 0 Å². The van der Waals surface area contributed by atoms with Gasteiger partial charge in [0.25, 0.3) is 0 Å². The monoisotopic (exact) mass is 240 g/mol. The zero-order chi connectivity index (χ0) is 12.4. The lowest BCUT2D eigenvalue weighted by Crippen LogP contribution is -2.40. The predicted molar refractivity (Wildman–Crippen MR) is 69.7 cm³/mol. The molecule has 1 fully saturated rings. The molecular formula is C13H24O2Si. The van der Waals surface area contributed by atoms with Crippen LogP contribution < -0.4 is 0 Å². The summed E-state index contributed by atoms with van der Waals surface area (Å²) in [4.78, 5) is 0. The summed E-state index contributed by atoms with van der Waals surface area (Å²) in [5.41, 5.74) is -0.642. The Morgan fingerprint density at radius 1 is 1.31 bits per heavy atom. The lowest BCUT2D eigenvalue weighted by atomic mass is 10.2. The van der Waals surface area contributed by atoms with Crippen LogP contribution in [0.15, 0.2) is 0 Å². The molecule has 0 amide bonds. The van der Waals surface area contributed by atoms with Crippen LogP contribution in [0, 0.1) is 11.8 Å². The molecule has 1 aliphatic rings. The number of hydrogen-bond donors (Lipinski definition) is 1. The summed E-state index contributed by atoms with van der Waals surface area (Å²) in [5, 5.41) is 9.77. The van der Waals surface area contributed by atoms with E-state index in [0.717, 1.165) is 19.3 Å². The lowest BCUT2D eigenvalue weighted by molar-refractivity contribution is 0.212. The van der Waals surface area contributed by atoms with Gasteiger partial charge in [-0.3, -0.25) is 0 Å². The third kappa shape index (κ3) is 3.93. The van der Waals surface area contributed by atoms with Gasteiger partial charge < -0.3 is 9.53 Å². The first kappa shape index (κ1) is 13.8. The van der Waals surface area contributed by atoms with Gasteiger partial charge in [-0.1, -0.05) is 32.6 Å². The molecule has 0 aromatic heterocycles. The van der Waals surface area contributed by atoms with E-state index in [9.17, 15) is 5.11 Å². The minimum absolute atomic E-state index is 0.259. The van der Waals surface area contributed by atoms with Crippen molar-refractivity contribution in [1.29, 1.82) is 0 Å². The summed E-state index contributed by atoms with van der Waals surface area (Å²) in [6.45, 7) is 11.9. The van der Waals surface area contributed by atoms with Crippen molar-refractivity contribution in [2.75, 3.05) is 6.61 Å². The van der Waals surface area contributed by atoms with Gasteiger partial charge in [-0.2, -0.15) is 0 Å². The molecule has 0 atom stereocenters. The van der Waals surface area contributed by atoms with Crippen molar-refractivity contribution in [1.82, 2.24) is 0 Å². The minimum Gasteiger partial charge on any atom is -0.416 e. The van der Waals surface area contributed by atoms with Gasteiger partial charge in [0.05, 0.1) is 0 Å². The molecule has 3 heteroatoms. The maximum Gasteiger partial charge on any atom is 0.192 e. The normalized spacial score (nSPS) is 18.9. The van der Waals surface area contributed by atoms with Crippen molar-refractivity contribution in [2.45, 2.75) is 63.8 Å². The molecule has 0 spiro atoms. The Kier molecular flexibility index (Phi) is 3.89. The van der Waals surface area contributed by atoms with Crippen molar-refractivity contribution in [3.63, 3.8) is 0 Å². The van der Waals surface area contributed by atoms with Crippen LogP contribution >= 0.6 is 0 Å². The van der Waals surface area contributed by atoms with E-state index in [0.29, 0.717) is 6.61 Å². The second-order valence-electron chi connectivity index (χ2n) is 6.19. The van der Waals surface area contributed by atoms with Gasteiger partial charge in [0.2, 0.25) is 0 Å². The van der Waals surface area contributed by atoms with E-state index >= 15 is 0 Å². The molecule has 0 unspecified atom stereocenters. The Morgan fingerprint density at radius 2 is 1.88 bits per heavy atom. The Morgan fingerprint density at radius 3 is 2.31 bits per heavy atom. The summed E-state index contributed by atoms with van der Waals surface area (Å²) >= 11 is 0. The molecule has 0 aromatic rings. The maximum absolute atomic E-state index is 9.51. The molecule has 0 bridgehead atoms. The fourth-order valence-corrected chi connectivity index (χ4v) is 2.09. The van der Waals surface area contributed by atoms with E-state index in [-0.39, 0.29) is 5.04 Å². The van der Waals surface area contributed by atoms with Crippen LogP contribution in [0.1, 0.15) is 40.0 Å². The molecule has 0 saturated heterocycles. The van der Waals surface area contributed by atoms with Gasteiger partial charge in [0, 0.05) is 13.0 Å². The van der Waals surface area contributed by atoms with Crippen LogP contribution in [0.2, 0.25) is 18.1 Å². The lowest BCUT2D eigenvalue weighted by Gasteiger charge is -2.35. The maximum atomic E-state index is 9.51. The fraction of sp³-hybridized carbons (Fsp3) is 0.846. The van der Waals surface area contributed by atoms with Crippen molar-refractivity contribution in [3.05, 3.63) is 0 Å². The topological polar surface area (TPSA) is 29.5 Å². The summed E-state index contributed by atoms with van der Waals surface area (Å²) in [5.74, 6) is 5.91. The van der Waals surface area contributed by atoms with E-state index in [4.69, 9.17) is 4.43 Å². The largest absolute Gasteiger partial charge is 0.416 e. The Bertz CT molecular complexity index is 300. The summed E-state index contributed by atoms with van der Waals surface area (Å²) in [7, 11) is -1.62. The second kappa shape index (κ2) is 4.52. The zero-order valence-corrected chi connectivity index (χ0v) is 12.2. The van der Waals surface area contributed by atoms with Crippen LogP contribution in [0.3, 0.4) is 0 Å². The van der Waals surface area contributed by atoms with Crippen molar-refractivity contribution < 1.29 is 9.53 Å². The Balaban J connectivity index is 2.27. The second-order valence-corrected chi connectivity index (χ2v) is 11.0. The van der Waals surface area contributed by atoms with E-state index < -0.39 is 13.9 Å². The molecule has 0 aliphatic heterocycles. The summed E-state index contributed by atoms with van der Waals surface area (Å²) in [6, 6.07) is 0. The molecule has 16 heavy (non-hydrogen) atoms. The molecular weight excluding hydrogens is 216 g/mol. The first-order valence-corrected chi connectivity index (χ1v) is 8.94. The van der Waals surface area contributed by atoms with Crippen LogP contribution in [0.5, 0.6) is 0 Å². The van der Waals surface area contributed by atoms with Crippen LogP contribution in [0.25, 0.3) is 0 Å². The number of hydrogen-bond acceptors (Lipinski definition) is 2. The molecule has 1 N–H and O–H groups in total. The smallest absolute Gasteiger partial charge is 0.192 e. The van der Waals surface area contributed by atoms with Gasteiger partial charge in [0.1, 0.15) is 5.60 Å². The highest BCUT2D eigenvalue weighted by atomic mass is 28.4. The van der Waals surface area contributed by atoms with Crippen LogP contribution in [-0.4, -0.2) is 25.6 Å². The van der Waals surface area contributed by atoms with Gasteiger partial charge in [-0.05, 0) is 31.0 Å². The number of aliphatic hydroxyl groups is 1. The molecule has 0 heterocycles. The highest BCUT2D eigenvalue weighted by Gasteiger charge is 2.38. The van der Waals surface area contributed by atoms with Gasteiger partial charge in [-0.15, -0.1) is 0 Å². The molecule has 0 radical (unpaired) electrons. The fourth-order valence-electron chi connectivity index (χ4n) is 1.04. The quantitative estimate of drug-likeness (QED) is 0.467. The average Bonchev–Trinajstić information content (AvgIpc) is 2.81. The molecule has 1 saturated carbocycles. The van der Waals surface area contributed by atoms with E-state index in [2.05, 4.69) is 45.7 Å². The SMILES string of the molecule is CC(C)(C)[Si](C)(C)OCCC#CC1(O)CC1. The molecule has 92 valence electrons. The van der Waals surface area contributed by atoms with Gasteiger partial charge >= 0.3 is 0 Å². The highest BCUT2D eigenvalue weighted by Crippen LogP contribution is 2.36. The summed E-state index contributed by atoms with van der Waals surface area (Å²) in [6.07, 6.45) is 2.40. The molecule has 2 nitrogen and oxygen atoms in total. The Hall–Kier alpha value is -0.303. The van der Waals surface area contributed by atoms with Crippen molar-refractivity contribution >= 4 is 8.32 Å². The van der Waals surface area contributed by atoms with E-state index in [1.807, 2.05) is 0 Å². The zero-order valence-electron chi connectivity index (χ0n) is 11.2. The highest BCUT2D eigenvalue weighted by molar-refractivity contribution is 6.74. The van der Waals surface area contributed by atoms with Crippen LogP contribution in [0.4, 0.5) is 0 Å². The molecule has 1 aliphatic carbocycles. The average molecular weight is 240 g/mol. The van der Waals surface area contributed by atoms with Gasteiger partial charge in [0.15, 0.2) is 8.32 Å². The van der Waals surface area contributed by atoms with Crippen LogP contribution in [-0.2, 0) is 4.43 Å². The molecule has 1 rings (SSSR count). The third-order valence-electron chi connectivity index (χ3n) is 3.54. The first-order chi connectivity index (χ1) is 7.16. The predicted octanol–water partition coefficient (Wildman–Crippen LogP) is 2.93. The Labute approximate surface area is 101 Å². The van der Waals surface area contributed by atoms with E-state index in [1.54, 1.807) is 0 Å². The van der Waals surface area contributed by atoms with E-state index in [1.165, 1.54) is 0 Å². The first-order valence-electron chi connectivity index (χ1n) is 6.03. The summed E-state index contributed by atoms with van der Waals surface area (Å²) < 4.78 is 5.98. The van der Waals surface area contributed by atoms with Crippen molar-refractivity contribution in [3.8, 4) is 11.8 Å².